The minimum Gasteiger partial charge on any atom is -0.459 e. The molecule has 1 aromatic carbocycles. The van der Waals surface area contributed by atoms with Gasteiger partial charge in [0.2, 0.25) is 0 Å². The fraction of sp³-hybridized carbons (Fsp3) is 0.417. The van der Waals surface area contributed by atoms with E-state index in [1.165, 1.54) is 0 Å². The maximum atomic E-state index is 11.7. The van der Waals surface area contributed by atoms with Crippen LogP contribution in [-0.2, 0) is 4.74 Å². The molecule has 88 valence electrons. The van der Waals surface area contributed by atoms with Crippen molar-refractivity contribution < 1.29 is 9.53 Å². The topological polar surface area (TPSA) is 52.3 Å². The van der Waals surface area contributed by atoms with Gasteiger partial charge < -0.3 is 10.5 Å². The molecule has 1 rings (SSSR count). The summed E-state index contributed by atoms with van der Waals surface area (Å²) in [6.45, 7) is 3.94. The first-order chi connectivity index (χ1) is 7.54. The lowest BCUT2D eigenvalue weighted by molar-refractivity contribution is 0.0325. The van der Waals surface area contributed by atoms with Crippen LogP contribution in [0.15, 0.2) is 22.7 Å². The van der Waals surface area contributed by atoms with Gasteiger partial charge in [-0.15, -0.1) is 0 Å². The molecule has 0 aliphatic rings. The van der Waals surface area contributed by atoms with Gasteiger partial charge in [-0.2, -0.15) is 0 Å². The van der Waals surface area contributed by atoms with Crippen molar-refractivity contribution in [3.8, 4) is 0 Å². The Kier molecular flexibility index (Phi) is 4.80. The molecule has 1 unspecified atom stereocenters. The zero-order valence-corrected chi connectivity index (χ0v) is 11.1. The van der Waals surface area contributed by atoms with Gasteiger partial charge in [0, 0.05) is 10.2 Å². The van der Waals surface area contributed by atoms with E-state index in [0.717, 1.165) is 17.3 Å². The van der Waals surface area contributed by atoms with Gasteiger partial charge in [0.15, 0.2) is 0 Å². The van der Waals surface area contributed by atoms with Crippen molar-refractivity contribution in [2.75, 3.05) is 5.73 Å². The number of esters is 1. The number of hydrogen-bond acceptors (Lipinski definition) is 3. The maximum Gasteiger partial charge on any atom is 0.340 e. The molecule has 0 aliphatic heterocycles. The van der Waals surface area contributed by atoms with E-state index in [2.05, 4.69) is 22.9 Å². The SMILES string of the molecule is CCCC(C)OC(=O)c1ccc(Br)cc1N. The number of anilines is 1. The number of hydrogen-bond donors (Lipinski definition) is 1. The fourth-order valence-electron chi connectivity index (χ4n) is 1.43. The molecular formula is C12H16BrNO2. The molecule has 1 aromatic rings. The summed E-state index contributed by atoms with van der Waals surface area (Å²) in [5, 5.41) is 0. The van der Waals surface area contributed by atoms with Crippen LogP contribution in [0.4, 0.5) is 5.69 Å². The van der Waals surface area contributed by atoms with E-state index >= 15 is 0 Å². The third-order valence-electron chi connectivity index (χ3n) is 2.24. The van der Waals surface area contributed by atoms with Crippen LogP contribution < -0.4 is 5.73 Å². The monoisotopic (exact) mass is 285 g/mol. The largest absolute Gasteiger partial charge is 0.459 e. The molecule has 2 N–H and O–H groups in total. The van der Waals surface area contributed by atoms with Gasteiger partial charge in [0.05, 0.1) is 11.7 Å². The summed E-state index contributed by atoms with van der Waals surface area (Å²) in [6, 6.07) is 5.14. The lowest BCUT2D eigenvalue weighted by Gasteiger charge is -2.13. The predicted molar refractivity (Wildman–Crippen MR) is 68.3 cm³/mol. The zero-order valence-electron chi connectivity index (χ0n) is 9.50. The number of nitrogen functional groups attached to an aromatic ring is 1. The number of benzene rings is 1. The molecule has 16 heavy (non-hydrogen) atoms. The van der Waals surface area contributed by atoms with E-state index in [9.17, 15) is 4.79 Å². The Labute approximate surface area is 104 Å². The van der Waals surface area contributed by atoms with Crippen molar-refractivity contribution in [3.63, 3.8) is 0 Å². The van der Waals surface area contributed by atoms with Crippen LogP contribution in [0.3, 0.4) is 0 Å². The summed E-state index contributed by atoms with van der Waals surface area (Å²) < 4.78 is 6.11. The molecule has 0 bridgehead atoms. The average molecular weight is 286 g/mol. The molecule has 3 nitrogen and oxygen atoms in total. The first-order valence-corrected chi connectivity index (χ1v) is 6.10. The highest BCUT2D eigenvalue weighted by molar-refractivity contribution is 9.10. The summed E-state index contributed by atoms with van der Waals surface area (Å²) in [4.78, 5) is 11.7. The predicted octanol–water partition coefficient (Wildman–Crippen LogP) is 3.38. The second-order valence-corrected chi connectivity index (χ2v) is 4.65. The van der Waals surface area contributed by atoms with E-state index in [4.69, 9.17) is 10.5 Å². The number of carbonyl (C=O) groups excluding carboxylic acids is 1. The summed E-state index contributed by atoms with van der Waals surface area (Å²) in [7, 11) is 0. The number of nitrogens with two attached hydrogens (primary N) is 1. The van der Waals surface area contributed by atoms with Gasteiger partial charge in [-0.05, 0) is 31.5 Å². The van der Waals surface area contributed by atoms with E-state index < -0.39 is 0 Å². The minimum absolute atomic E-state index is 0.0689. The summed E-state index contributed by atoms with van der Waals surface area (Å²) in [5.41, 5.74) is 6.60. The van der Waals surface area contributed by atoms with Crippen LogP contribution in [0.1, 0.15) is 37.0 Å². The van der Waals surface area contributed by atoms with Crippen LogP contribution in [0.25, 0.3) is 0 Å². The van der Waals surface area contributed by atoms with Crippen LogP contribution in [0, 0.1) is 0 Å². The van der Waals surface area contributed by atoms with Crippen LogP contribution >= 0.6 is 15.9 Å². The Bertz CT molecular complexity index is 379. The van der Waals surface area contributed by atoms with Crippen LogP contribution in [0.5, 0.6) is 0 Å². The van der Waals surface area contributed by atoms with Crippen molar-refractivity contribution in [2.45, 2.75) is 32.8 Å². The highest BCUT2D eigenvalue weighted by atomic mass is 79.9. The van der Waals surface area contributed by atoms with Gasteiger partial charge in [-0.25, -0.2) is 4.79 Å². The van der Waals surface area contributed by atoms with Gasteiger partial charge in [-0.1, -0.05) is 29.3 Å². The van der Waals surface area contributed by atoms with Gasteiger partial charge in [-0.3, -0.25) is 0 Å². The van der Waals surface area contributed by atoms with Crippen molar-refractivity contribution >= 4 is 27.6 Å². The Hall–Kier alpha value is -1.03. The van der Waals surface area contributed by atoms with Gasteiger partial charge in [0.1, 0.15) is 0 Å². The van der Waals surface area contributed by atoms with Crippen LogP contribution in [0.2, 0.25) is 0 Å². The smallest absolute Gasteiger partial charge is 0.340 e. The van der Waals surface area contributed by atoms with Crippen molar-refractivity contribution in [2.24, 2.45) is 0 Å². The Balaban J connectivity index is 2.73. The maximum absolute atomic E-state index is 11.7. The molecule has 0 saturated carbocycles. The van der Waals surface area contributed by atoms with E-state index in [0.29, 0.717) is 11.3 Å². The molecular weight excluding hydrogens is 270 g/mol. The van der Waals surface area contributed by atoms with Gasteiger partial charge in [0.25, 0.3) is 0 Å². The molecule has 0 aliphatic carbocycles. The molecule has 0 heterocycles. The van der Waals surface area contributed by atoms with E-state index in [1.54, 1.807) is 18.2 Å². The number of ether oxygens (including phenoxy) is 1. The molecule has 4 heteroatoms. The second-order valence-electron chi connectivity index (χ2n) is 3.74. The fourth-order valence-corrected chi connectivity index (χ4v) is 1.81. The van der Waals surface area contributed by atoms with Crippen molar-refractivity contribution in [3.05, 3.63) is 28.2 Å². The summed E-state index contributed by atoms with van der Waals surface area (Å²) >= 11 is 3.29. The number of halogens is 1. The molecule has 1 atom stereocenters. The van der Waals surface area contributed by atoms with Crippen molar-refractivity contribution in [1.82, 2.24) is 0 Å². The summed E-state index contributed by atoms with van der Waals surface area (Å²) in [6.07, 6.45) is 1.78. The lowest BCUT2D eigenvalue weighted by Crippen LogP contribution is -2.16. The van der Waals surface area contributed by atoms with E-state index in [-0.39, 0.29) is 12.1 Å². The number of rotatable bonds is 4. The van der Waals surface area contributed by atoms with Crippen LogP contribution in [-0.4, -0.2) is 12.1 Å². The minimum atomic E-state index is -0.356. The highest BCUT2D eigenvalue weighted by Gasteiger charge is 2.14. The lowest BCUT2D eigenvalue weighted by atomic mass is 10.2. The normalized spacial score (nSPS) is 12.2. The third kappa shape index (κ3) is 3.52. The first kappa shape index (κ1) is 13.0. The molecule has 0 radical (unpaired) electrons. The number of carbonyl (C=O) groups is 1. The van der Waals surface area contributed by atoms with Gasteiger partial charge >= 0.3 is 5.97 Å². The molecule has 0 spiro atoms. The first-order valence-electron chi connectivity index (χ1n) is 5.30. The molecule has 0 saturated heterocycles. The quantitative estimate of drug-likeness (QED) is 0.682. The second kappa shape index (κ2) is 5.89. The van der Waals surface area contributed by atoms with Crippen molar-refractivity contribution in [1.29, 1.82) is 0 Å². The third-order valence-corrected chi connectivity index (χ3v) is 2.73. The highest BCUT2D eigenvalue weighted by Crippen LogP contribution is 2.20. The molecule has 0 aromatic heterocycles. The molecule has 0 amide bonds. The summed E-state index contributed by atoms with van der Waals surface area (Å²) in [5.74, 6) is -0.356. The standard InChI is InChI=1S/C12H16BrNO2/c1-3-4-8(2)16-12(15)10-6-5-9(13)7-11(10)14/h5-8H,3-4,14H2,1-2H3. The Morgan fingerprint density at radius 1 is 1.56 bits per heavy atom. The zero-order chi connectivity index (χ0) is 12.1. The molecule has 0 fully saturated rings. The average Bonchev–Trinajstić information content (AvgIpc) is 2.17. The van der Waals surface area contributed by atoms with E-state index in [1.807, 2.05) is 6.92 Å². The Morgan fingerprint density at radius 3 is 2.81 bits per heavy atom. The Morgan fingerprint density at radius 2 is 2.25 bits per heavy atom.